The quantitative estimate of drug-likeness (QED) is 0.139. The predicted octanol–water partition coefficient (Wildman–Crippen LogP) is 4.04. The molecule has 3 aromatic rings. The number of aromatic nitrogens is 1. The Labute approximate surface area is 238 Å². The van der Waals surface area contributed by atoms with Gasteiger partial charge in [-0.05, 0) is 43.3 Å². The van der Waals surface area contributed by atoms with Crippen LogP contribution >= 0.6 is 0 Å². The zero-order valence-corrected chi connectivity index (χ0v) is 24.1. The average Bonchev–Trinajstić information content (AvgIpc) is 2.97. The third kappa shape index (κ3) is 6.74. The van der Waals surface area contributed by atoms with E-state index in [1.807, 2.05) is 0 Å². The Morgan fingerprint density at radius 1 is 0.805 bits per heavy atom. The van der Waals surface area contributed by atoms with Gasteiger partial charge in [-0.2, -0.15) is 4.73 Å². The summed E-state index contributed by atoms with van der Waals surface area (Å²) in [5.41, 5.74) is 0.810. The van der Waals surface area contributed by atoms with E-state index in [-0.39, 0.29) is 16.9 Å². The number of nitrogens with zero attached hydrogens (tertiary/aromatic N) is 1. The fourth-order valence-electron chi connectivity index (χ4n) is 4.59. The maximum Gasteiger partial charge on any atom is 0.309 e. The van der Waals surface area contributed by atoms with Crippen LogP contribution in [0.1, 0.15) is 47.8 Å². The molecule has 220 valence electrons. The number of hydrogen-bond donors (Lipinski definition) is 1. The summed E-state index contributed by atoms with van der Waals surface area (Å²) in [7, 11) is 7.45. The highest BCUT2D eigenvalue weighted by atomic mass is 16.5. The molecule has 41 heavy (non-hydrogen) atoms. The van der Waals surface area contributed by atoms with E-state index in [2.05, 4.69) is 0 Å². The molecule has 2 atom stereocenters. The Balaban J connectivity index is 1.97. The Bertz CT molecular complexity index is 1330. The fraction of sp³-hybridized carbons (Fsp3) is 0.367. The van der Waals surface area contributed by atoms with Crippen molar-refractivity contribution in [2.45, 2.75) is 32.3 Å². The van der Waals surface area contributed by atoms with Gasteiger partial charge < -0.3 is 38.7 Å². The number of carbonyl (C=O) groups is 2. The summed E-state index contributed by atoms with van der Waals surface area (Å²) in [6, 6.07) is 11.8. The van der Waals surface area contributed by atoms with Crippen molar-refractivity contribution in [3.63, 3.8) is 0 Å². The van der Waals surface area contributed by atoms with Gasteiger partial charge in [-0.15, -0.1) is 0 Å². The van der Waals surface area contributed by atoms with Crippen LogP contribution in [-0.2, 0) is 9.53 Å². The molecule has 0 aliphatic heterocycles. The second-order valence-electron chi connectivity index (χ2n) is 9.27. The van der Waals surface area contributed by atoms with E-state index in [1.54, 1.807) is 57.5 Å². The first-order valence-corrected chi connectivity index (χ1v) is 12.8. The van der Waals surface area contributed by atoms with Crippen LogP contribution in [0.25, 0.3) is 0 Å². The van der Waals surface area contributed by atoms with Gasteiger partial charge in [-0.1, -0.05) is 6.92 Å². The van der Waals surface area contributed by atoms with Gasteiger partial charge in [-0.3, -0.25) is 9.59 Å². The normalized spacial score (nSPS) is 12.3. The third-order valence-corrected chi connectivity index (χ3v) is 6.73. The SMILES string of the molecule is COc1ccc(OC)c(C(c2cc(OC)ccc2OC)[C@H](C)OC(=O)[C@H](C)CC(=O)c2c(O)c(OC)cc[n+]2[O-])c1. The minimum absolute atomic E-state index is 0.0355. The number of benzene rings is 2. The summed E-state index contributed by atoms with van der Waals surface area (Å²) in [5.74, 6) is -1.43. The molecule has 0 fully saturated rings. The van der Waals surface area contributed by atoms with E-state index in [4.69, 9.17) is 28.4 Å². The summed E-state index contributed by atoms with van der Waals surface area (Å²) in [5, 5.41) is 22.5. The summed E-state index contributed by atoms with van der Waals surface area (Å²) in [6.45, 7) is 3.22. The Hall–Kier alpha value is -4.67. The number of carbonyl (C=O) groups excluding carboxylic acids is 2. The van der Waals surface area contributed by atoms with Crippen LogP contribution in [0, 0.1) is 11.1 Å². The third-order valence-electron chi connectivity index (χ3n) is 6.73. The van der Waals surface area contributed by atoms with Gasteiger partial charge in [0, 0.05) is 23.6 Å². The van der Waals surface area contributed by atoms with E-state index in [0.717, 1.165) is 6.20 Å². The maximum absolute atomic E-state index is 13.3. The lowest BCUT2D eigenvalue weighted by Crippen LogP contribution is -2.35. The van der Waals surface area contributed by atoms with E-state index in [9.17, 15) is 19.9 Å². The molecule has 0 saturated carbocycles. The van der Waals surface area contributed by atoms with Gasteiger partial charge in [0.05, 0.1) is 47.4 Å². The topological polar surface area (TPSA) is 137 Å². The van der Waals surface area contributed by atoms with Gasteiger partial charge in [-0.25, -0.2) is 0 Å². The fourth-order valence-corrected chi connectivity index (χ4v) is 4.59. The minimum atomic E-state index is -0.949. The molecule has 1 aromatic heterocycles. The Morgan fingerprint density at radius 3 is 1.78 bits per heavy atom. The van der Waals surface area contributed by atoms with Crippen molar-refractivity contribution in [3.05, 3.63) is 70.7 Å². The van der Waals surface area contributed by atoms with Crippen molar-refractivity contribution in [3.8, 4) is 34.5 Å². The molecule has 0 bridgehead atoms. The van der Waals surface area contributed by atoms with Gasteiger partial charge in [0.2, 0.25) is 11.5 Å². The number of ketones is 1. The number of rotatable bonds is 13. The number of Topliss-reactive ketones (excluding diaryl/α,β-unsaturated/α-hetero) is 1. The van der Waals surface area contributed by atoms with Gasteiger partial charge >= 0.3 is 11.7 Å². The number of aromatic hydroxyl groups is 1. The molecule has 0 aliphatic rings. The van der Waals surface area contributed by atoms with Crippen molar-refractivity contribution in [2.75, 3.05) is 35.5 Å². The first kappa shape index (κ1) is 30.9. The van der Waals surface area contributed by atoms with E-state index in [1.165, 1.54) is 34.3 Å². The van der Waals surface area contributed by atoms with Crippen molar-refractivity contribution in [1.29, 1.82) is 0 Å². The summed E-state index contributed by atoms with van der Waals surface area (Å²) in [6.07, 6.45) is -0.133. The van der Waals surface area contributed by atoms with E-state index in [0.29, 0.717) is 34.1 Å². The highest BCUT2D eigenvalue weighted by Gasteiger charge is 2.34. The van der Waals surface area contributed by atoms with Gasteiger partial charge in [0.1, 0.15) is 29.1 Å². The molecule has 11 nitrogen and oxygen atoms in total. The summed E-state index contributed by atoms with van der Waals surface area (Å²) >= 11 is 0. The molecule has 2 aromatic carbocycles. The molecule has 0 spiro atoms. The Morgan fingerprint density at radius 2 is 1.32 bits per heavy atom. The highest BCUT2D eigenvalue weighted by Crippen LogP contribution is 2.42. The summed E-state index contributed by atoms with van der Waals surface area (Å²) < 4.78 is 33.3. The van der Waals surface area contributed by atoms with Crippen LogP contribution in [0.2, 0.25) is 0 Å². The lowest BCUT2D eigenvalue weighted by Gasteiger charge is -2.29. The largest absolute Gasteiger partial charge is 0.618 e. The molecule has 11 heteroatoms. The van der Waals surface area contributed by atoms with Crippen LogP contribution in [0.3, 0.4) is 0 Å². The smallest absolute Gasteiger partial charge is 0.309 e. The lowest BCUT2D eigenvalue weighted by molar-refractivity contribution is -0.608. The first-order valence-electron chi connectivity index (χ1n) is 12.8. The summed E-state index contributed by atoms with van der Waals surface area (Å²) in [4.78, 5) is 26.2. The molecule has 0 saturated heterocycles. The number of hydrogen-bond acceptors (Lipinski definition) is 10. The molecular formula is C30H35NO10. The van der Waals surface area contributed by atoms with E-state index < -0.39 is 41.1 Å². The standard InChI is InChI=1S/C30H35NO10/c1-17(14-23(32)28-29(33)26(40-7)12-13-31(28)35)30(34)41-18(2)27(21-15-19(36-3)8-10-24(21)38-5)22-16-20(37-4)9-11-25(22)39-6/h8-13,15-18,27,33H,14H2,1-7H3/t17-,18+/m1/s1. The molecular weight excluding hydrogens is 534 g/mol. The van der Waals surface area contributed by atoms with Crippen molar-refractivity contribution in [1.82, 2.24) is 0 Å². The number of methoxy groups -OCH3 is 5. The Kier molecular flexibility index (Phi) is 10.2. The van der Waals surface area contributed by atoms with Crippen LogP contribution in [0.4, 0.5) is 0 Å². The van der Waals surface area contributed by atoms with Crippen LogP contribution < -0.4 is 28.4 Å². The average molecular weight is 570 g/mol. The predicted molar refractivity (Wildman–Crippen MR) is 148 cm³/mol. The van der Waals surface area contributed by atoms with Crippen molar-refractivity contribution in [2.24, 2.45) is 5.92 Å². The number of ether oxygens (including phenoxy) is 6. The van der Waals surface area contributed by atoms with Gasteiger partial charge in [0.15, 0.2) is 11.9 Å². The molecule has 0 amide bonds. The minimum Gasteiger partial charge on any atom is -0.618 e. The molecule has 0 aliphatic carbocycles. The van der Waals surface area contributed by atoms with Crippen LogP contribution in [-0.4, -0.2) is 58.5 Å². The second-order valence-corrected chi connectivity index (χ2v) is 9.27. The first-order chi connectivity index (χ1) is 19.6. The van der Waals surface area contributed by atoms with E-state index >= 15 is 0 Å². The molecule has 3 rings (SSSR count). The molecule has 0 radical (unpaired) electrons. The second kappa shape index (κ2) is 13.6. The van der Waals surface area contributed by atoms with Crippen molar-refractivity contribution < 1.29 is 47.8 Å². The lowest BCUT2D eigenvalue weighted by atomic mass is 9.85. The maximum atomic E-state index is 13.3. The van der Waals surface area contributed by atoms with Gasteiger partial charge in [0.25, 0.3) is 0 Å². The van der Waals surface area contributed by atoms with Crippen LogP contribution in [0.15, 0.2) is 48.7 Å². The monoisotopic (exact) mass is 569 g/mol. The van der Waals surface area contributed by atoms with Crippen molar-refractivity contribution >= 4 is 11.8 Å². The zero-order valence-electron chi connectivity index (χ0n) is 24.1. The number of esters is 1. The highest BCUT2D eigenvalue weighted by molar-refractivity contribution is 5.98. The van der Waals surface area contributed by atoms with Crippen LogP contribution in [0.5, 0.6) is 34.5 Å². The molecule has 0 unspecified atom stereocenters. The molecule has 1 N–H and O–H groups in total. The zero-order chi connectivity index (χ0) is 30.3. The molecule has 1 heterocycles. The number of pyridine rings is 1.